The third-order valence-corrected chi connectivity index (χ3v) is 2.55. The molecule has 0 saturated heterocycles. The van der Waals surface area contributed by atoms with Crippen molar-refractivity contribution in [3.63, 3.8) is 0 Å². The van der Waals surface area contributed by atoms with Crippen LogP contribution in [0.5, 0.6) is 17.2 Å². The molecule has 0 aromatic heterocycles. The molecule has 21 heavy (non-hydrogen) atoms. The van der Waals surface area contributed by atoms with Gasteiger partial charge < -0.3 is 9.84 Å². The van der Waals surface area contributed by atoms with Crippen molar-refractivity contribution in [1.29, 1.82) is 0 Å². The van der Waals surface area contributed by atoms with Crippen LogP contribution < -0.4 is 4.74 Å². The molecular formula is C15H15Cl2NO2Zr. The molecular weight excluding hydrogens is 388 g/mol. The van der Waals surface area contributed by atoms with Gasteiger partial charge in [0.25, 0.3) is 0 Å². The quantitative estimate of drug-likeness (QED) is 0.740. The monoisotopic (exact) mass is 401 g/mol. The normalized spacial score (nSPS) is 9.90. The van der Waals surface area contributed by atoms with E-state index < -0.39 is 20.8 Å². The fourth-order valence-electron chi connectivity index (χ4n) is 1.69. The van der Waals surface area contributed by atoms with E-state index in [2.05, 4.69) is 4.99 Å². The van der Waals surface area contributed by atoms with Gasteiger partial charge in [0.1, 0.15) is 17.2 Å². The van der Waals surface area contributed by atoms with Gasteiger partial charge in [-0.3, -0.25) is 4.99 Å². The number of hydrogen-bond donors (Lipinski definition) is 1. The van der Waals surface area contributed by atoms with Gasteiger partial charge in [-0.1, -0.05) is 18.2 Å². The molecule has 1 N–H and O–H groups in total. The van der Waals surface area contributed by atoms with Crippen LogP contribution in [0.1, 0.15) is 11.1 Å². The molecule has 2 aromatic carbocycles. The predicted molar refractivity (Wildman–Crippen MR) is 84.6 cm³/mol. The van der Waals surface area contributed by atoms with E-state index in [-0.39, 0.29) is 5.75 Å². The zero-order valence-electron chi connectivity index (χ0n) is 11.7. The van der Waals surface area contributed by atoms with E-state index in [0.717, 1.165) is 11.3 Å². The summed E-state index contributed by atoms with van der Waals surface area (Å²) in [5.74, 6) is 1.69. The molecule has 0 amide bonds. The third kappa shape index (κ3) is 6.21. The van der Waals surface area contributed by atoms with Crippen LogP contribution in [0.4, 0.5) is 0 Å². The first kappa shape index (κ1) is 18.2. The zero-order chi connectivity index (χ0) is 15.7. The van der Waals surface area contributed by atoms with E-state index >= 15 is 0 Å². The Morgan fingerprint density at radius 2 is 1.76 bits per heavy atom. The SMILES string of the molecule is CN=Cc1cc(Oc2ccccc2)cc(C)c1O.[Cl][Zr][Cl]. The van der Waals surface area contributed by atoms with Gasteiger partial charge >= 0.3 is 37.9 Å². The van der Waals surface area contributed by atoms with Crippen molar-refractivity contribution in [3.05, 3.63) is 53.6 Å². The summed E-state index contributed by atoms with van der Waals surface area (Å²) in [4.78, 5) is 3.92. The summed E-state index contributed by atoms with van der Waals surface area (Å²) in [7, 11) is 11.5. The van der Waals surface area contributed by atoms with Gasteiger partial charge in [0.15, 0.2) is 0 Å². The van der Waals surface area contributed by atoms with Crippen molar-refractivity contribution in [1.82, 2.24) is 0 Å². The van der Waals surface area contributed by atoms with E-state index in [0.29, 0.717) is 11.3 Å². The van der Waals surface area contributed by atoms with Gasteiger partial charge in [0.05, 0.1) is 0 Å². The molecule has 0 aliphatic heterocycles. The molecule has 0 saturated carbocycles. The molecule has 0 atom stereocenters. The molecule has 110 valence electrons. The average molecular weight is 403 g/mol. The van der Waals surface area contributed by atoms with Crippen molar-refractivity contribution in [2.24, 2.45) is 4.99 Å². The Hall–Kier alpha value is -0.827. The number of halogens is 2. The molecule has 0 unspecified atom stereocenters. The van der Waals surface area contributed by atoms with Crippen molar-refractivity contribution in [3.8, 4) is 17.2 Å². The Morgan fingerprint density at radius 1 is 1.14 bits per heavy atom. The number of rotatable bonds is 3. The molecule has 0 fully saturated rings. The number of para-hydroxylation sites is 1. The van der Waals surface area contributed by atoms with Gasteiger partial charge in [-0.05, 0) is 36.8 Å². The summed E-state index contributed by atoms with van der Waals surface area (Å²) in [6.07, 6.45) is 1.61. The van der Waals surface area contributed by atoms with Gasteiger partial charge in [0.2, 0.25) is 0 Å². The van der Waals surface area contributed by atoms with Crippen molar-refractivity contribution in [2.45, 2.75) is 6.92 Å². The molecule has 6 heteroatoms. The molecule has 0 spiro atoms. The minimum absolute atomic E-state index is 0.237. The maximum atomic E-state index is 9.87. The number of ether oxygens (including phenoxy) is 1. The Bertz CT molecular complexity index is 592. The van der Waals surface area contributed by atoms with Gasteiger partial charge in [-0.15, -0.1) is 0 Å². The van der Waals surface area contributed by atoms with Gasteiger partial charge in [-0.2, -0.15) is 0 Å². The van der Waals surface area contributed by atoms with E-state index in [1.54, 1.807) is 25.4 Å². The Kier molecular flexibility index (Phi) is 8.67. The fourth-order valence-corrected chi connectivity index (χ4v) is 1.69. The van der Waals surface area contributed by atoms with Crippen LogP contribution in [0.15, 0.2) is 47.5 Å². The van der Waals surface area contributed by atoms with Crippen LogP contribution in [0.3, 0.4) is 0 Å². The molecule has 0 aliphatic rings. The van der Waals surface area contributed by atoms with Gasteiger partial charge in [-0.25, -0.2) is 0 Å². The molecule has 2 aromatic rings. The van der Waals surface area contributed by atoms with Gasteiger partial charge in [0, 0.05) is 18.8 Å². The minimum atomic E-state index is -0.826. The van der Waals surface area contributed by atoms with Crippen LogP contribution in [-0.4, -0.2) is 18.4 Å². The van der Waals surface area contributed by atoms with E-state index in [4.69, 9.17) is 21.8 Å². The zero-order valence-corrected chi connectivity index (χ0v) is 15.6. The van der Waals surface area contributed by atoms with Crippen LogP contribution >= 0.6 is 17.0 Å². The molecule has 0 heterocycles. The van der Waals surface area contributed by atoms with Crippen LogP contribution in [-0.2, 0) is 20.8 Å². The van der Waals surface area contributed by atoms with Crippen molar-refractivity contribution >= 4 is 23.2 Å². The topological polar surface area (TPSA) is 41.8 Å². The number of aromatic hydroxyl groups is 1. The number of phenolic OH excluding ortho intramolecular Hbond substituents is 1. The number of aryl methyl sites for hydroxylation is 1. The number of aliphatic imine (C=N–C) groups is 1. The Morgan fingerprint density at radius 3 is 2.33 bits per heavy atom. The maximum absolute atomic E-state index is 9.87. The van der Waals surface area contributed by atoms with Crippen molar-refractivity contribution < 1.29 is 30.7 Å². The number of hydrogen-bond acceptors (Lipinski definition) is 3. The summed E-state index contributed by atoms with van der Waals surface area (Å²) >= 11 is -0.826. The second-order valence-electron chi connectivity index (χ2n) is 4.05. The first-order chi connectivity index (χ1) is 10.1. The van der Waals surface area contributed by atoms with Crippen molar-refractivity contribution in [2.75, 3.05) is 7.05 Å². The van der Waals surface area contributed by atoms with E-state index in [1.807, 2.05) is 37.3 Å². The Labute approximate surface area is 143 Å². The summed E-state index contributed by atoms with van der Waals surface area (Å²) in [5.41, 5.74) is 1.42. The number of nitrogens with zero attached hydrogens (tertiary/aromatic N) is 1. The number of phenols is 1. The van der Waals surface area contributed by atoms with E-state index in [9.17, 15) is 5.11 Å². The molecule has 0 radical (unpaired) electrons. The first-order valence-corrected chi connectivity index (χ1v) is 12.4. The van der Waals surface area contributed by atoms with Crippen LogP contribution in [0, 0.1) is 6.92 Å². The summed E-state index contributed by atoms with van der Waals surface area (Å²) in [6.45, 7) is 1.83. The fraction of sp³-hybridized carbons (Fsp3) is 0.133. The number of benzene rings is 2. The van der Waals surface area contributed by atoms with Crippen LogP contribution in [0.25, 0.3) is 0 Å². The summed E-state index contributed by atoms with van der Waals surface area (Å²) in [6, 6.07) is 13.1. The second-order valence-corrected chi connectivity index (χ2v) is 7.78. The average Bonchev–Trinajstić information content (AvgIpc) is 2.46. The predicted octanol–water partition coefficient (Wildman–Crippen LogP) is 4.92. The first-order valence-electron chi connectivity index (χ1n) is 6.07. The molecule has 0 bridgehead atoms. The standard InChI is InChI=1S/C15H15NO2.2ClH.Zr/c1-11-8-14(9-12(10-16-2)15(11)17)18-13-6-4-3-5-7-13;;;/h3-10,17H,1-2H3;2*1H;/q;;;+2/p-2. The third-order valence-electron chi connectivity index (χ3n) is 2.55. The molecule has 0 aliphatic carbocycles. The summed E-state index contributed by atoms with van der Waals surface area (Å²) < 4.78 is 5.73. The summed E-state index contributed by atoms with van der Waals surface area (Å²) in [5, 5.41) is 9.87. The van der Waals surface area contributed by atoms with Crippen LogP contribution in [0.2, 0.25) is 0 Å². The second kappa shape index (κ2) is 9.99. The van der Waals surface area contributed by atoms with E-state index in [1.165, 1.54) is 0 Å². The molecule has 2 rings (SSSR count). The Balaban J connectivity index is 0.000000677. The molecule has 3 nitrogen and oxygen atoms in total.